The van der Waals surface area contributed by atoms with Crippen molar-refractivity contribution < 1.29 is 4.74 Å². The van der Waals surface area contributed by atoms with Crippen molar-refractivity contribution in [1.82, 2.24) is 10.3 Å². The number of aliphatic imine (C=N–C) groups is 1. The van der Waals surface area contributed by atoms with Crippen LogP contribution in [0, 0.1) is 22.8 Å². The van der Waals surface area contributed by atoms with Crippen LogP contribution in [0.15, 0.2) is 41.4 Å². The molecule has 1 aliphatic heterocycles. The van der Waals surface area contributed by atoms with Gasteiger partial charge in [-0.2, -0.15) is 10.5 Å². The molecule has 0 saturated carbocycles. The van der Waals surface area contributed by atoms with E-state index in [-0.39, 0.29) is 23.0 Å². The highest BCUT2D eigenvalue weighted by molar-refractivity contribution is 5.98. The summed E-state index contributed by atoms with van der Waals surface area (Å²) in [4.78, 5) is 8.82. The number of methoxy groups -OCH3 is 1. The zero-order valence-electron chi connectivity index (χ0n) is 15.4. The van der Waals surface area contributed by atoms with Gasteiger partial charge in [-0.25, -0.2) is 9.98 Å². The molecule has 9 nitrogen and oxygen atoms in total. The SMILES string of the molecule is COc1ccc2cc(C3N=C(NC#N)Nc4nc(N)c(C#N)c(N)c43)ccc2c1. The van der Waals surface area contributed by atoms with Crippen molar-refractivity contribution in [2.24, 2.45) is 4.99 Å². The molecule has 0 spiro atoms. The number of pyridine rings is 1. The molecule has 29 heavy (non-hydrogen) atoms. The van der Waals surface area contributed by atoms with Crippen LogP contribution in [0.4, 0.5) is 17.3 Å². The molecule has 6 N–H and O–H groups in total. The highest BCUT2D eigenvalue weighted by Gasteiger charge is 2.29. The Hall–Kier alpha value is -4.50. The fraction of sp³-hybridized carbons (Fsp3) is 0.100. The van der Waals surface area contributed by atoms with Crippen molar-refractivity contribution in [1.29, 1.82) is 10.5 Å². The number of hydrogen-bond donors (Lipinski definition) is 4. The van der Waals surface area contributed by atoms with Gasteiger partial charge in [-0.3, -0.25) is 5.32 Å². The van der Waals surface area contributed by atoms with Crippen LogP contribution in [0.2, 0.25) is 0 Å². The zero-order valence-corrected chi connectivity index (χ0v) is 15.4. The Bertz CT molecular complexity index is 1250. The summed E-state index contributed by atoms with van der Waals surface area (Å²) in [6.07, 6.45) is 1.83. The molecule has 0 radical (unpaired) electrons. The van der Waals surface area contributed by atoms with E-state index in [0.29, 0.717) is 11.4 Å². The number of nitrogens with two attached hydrogens (primary N) is 2. The first kappa shape index (κ1) is 17.9. The Morgan fingerprint density at radius 2 is 1.90 bits per heavy atom. The van der Waals surface area contributed by atoms with E-state index in [9.17, 15) is 5.26 Å². The molecule has 2 heterocycles. The third kappa shape index (κ3) is 2.97. The molecule has 142 valence electrons. The minimum Gasteiger partial charge on any atom is -0.497 e. The number of benzene rings is 2. The molecule has 0 bridgehead atoms. The summed E-state index contributed by atoms with van der Waals surface area (Å²) in [5.74, 6) is 1.35. The second-order valence-corrected chi connectivity index (χ2v) is 6.37. The minimum atomic E-state index is -0.575. The summed E-state index contributed by atoms with van der Waals surface area (Å²) in [5, 5.41) is 25.8. The van der Waals surface area contributed by atoms with E-state index >= 15 is 0 Å². The third-order valence-electron chi connectivity index (χ3n) is 4.74. The molecular formula is C20H16N8O. The van der Waals surface area contributed by atoms with Crippen LogP contribution < -0.4 is 26.8 Å². The van der Waals surface area contributed by atoms with Gasteiger partial charge in [-0.15, -0.1) is 0 Å². The first-order valence-corrected chi connectivity index (χ1v) is 8.62. The van der Waals surface area contributed by atoms with Gasteiger partial charge in [0.05, 0.1) is 12.8 Å². The first-order valence-electron chi connectivity index (χ1n) is 8.62. The van der Waals surface area contributed by atoms with Crippen LogP contribution in [-0.2, 0) is 0 Å². The monoisotopic (exact) mass is 384 g/mol. The molecule has 3 aromatic rings. The maximum atomic E-state index is 9.41. The summed E-state index contributed by atoms with van der Waals surface area (Å²) >= 11 is 0. The van der Waals surface area contributed by atoms with Crippen LogP contribution in [0.1, 0.15) is 22.7 Å². The second-order valence-electron chi connectivity index (χ2n) is 6.37. The Morgan fingerprint density at radius 1 is 1.14 bits per heavy atom. The van der Waals surface area contributed by atoms with Crippen LogP contribution in [0.25, 0.3) is 10.8 Å². The molecule has 1 aliphatic rings. The van der Waals surface area contributed by atoms with Gasteiger partial charge in [-0.05, 0) is 34.5 Å². The second kappa shape index (κ2) is 6.91. The fourth-order valence-corrected chi connectivity index (χ4v) is 3.36. The molecule has 4 rings (SSSR count). The van der Waals surface area contributed by atoms with E-state index in [1.807, 2.05) is 48.7 Å². The number of ether oxygens (including phenoxy) is 1. The Morgan fingerprint density at radius 3 is 2.62 bits per heavy atom. The molecule has 0 saturated heterocycles. The maximum Gasteiger partial charge on any atom is 0.211 e. The molecule has 9 heteroatoms. The number of guanidine groups is 1. The highest BCUT2D eigenvalue weighted by Crippen LogP contribution is 2.41. The number of nitrogens with one attached hydrogen (secondary N) is 2. The van der Waals surface area contributed by atoms with Gasteiger partial charge in [0.15, 0.2) is 6.19 Å². The van der Waals surface area contributed by atoms with E-state index in [1.54, 1.807) is 7.11 Å². The van der Waals surface area contributed by atoms with E-state index in [1.165, 1.54) is 0 Å². The number of hydrogen-bond acceptors (Lipinski definition) is 9. The number of nitriles is 2. The Kier molecular flexibility index (Phi) is 4.26. The number of aromatic nitrogens is 1. The van der Waals surface area contributed by atoms with Gasteiger partial charge in [0, 0.05) is 5.56 Å². The minimum absolute atomic E-state index is 0.0128. The highest BCUT2D eigenvalue weighted by atomic mass is 16.5. The quantitative estimate of drug-likeness (QED) is 0.387. The molecule has 1 atom stereocenters. The molecule has 2 aromatic carbocycles. The lowest BCUT2D eigenvalue weighted by Gasteiger charge is -2.26. The number of nitrogen functional groups attached to an aromatic ring is 2. The summed E-state index contributed by atoms with van der Waals surface area (Å²) in [6.45, 7) is 0. The van der Waals surface area contributed by atoms with Crippen molar-refractivity contribution >= 4 is 34.1 Å². The number of rotatable bonds is 2. The molecule has 0 fully saturated rings. The molecule has 1 unspecified atom stereocenters. The lowest BCUT2D eigenvalue weighted by atomic mass is 9.93. The maximum absolute atomic E-state index is 9.41. The lowest BCUT2D eigenvalue weighted by Crippen LogP contribution is -2.32. The van der Waals surface area contributed by atoms with Crippen molar-refractivity contribution in [3.05, 3.63) is 53.1 Å². The standard InChI is InChI=1S/C20H16N8O/c1-29-13-5-4-10-6-12(3-2-11(10)7-13)17-15-16(23)14(8-21)18(24)27-19(15)28-20(26-17)25-9-22/h2-7,17H,1H3,(H6,23,24,25,26,27,28). The molecule has 1 aromatic heterocycles. The van der Waals surface area contributed by atoms with Gasteiger partial charge < -0.3 is 21.5 Å². The van der Waals surface area contributed by atoms with Crippen LogP contribution in [0.5, 0.6) is 5.75 Å². The lowest BCUT2D eigenvalue weighted by molar-refractivity contribution is 0.415. The predicted octanol–water partition coefficient (Wildman–Crippen LogP) is 2.22. The van der Waals surface area contributed by atoms with Crippen molar-refractivity contribution in [3.8, 4) is 18.0 Å². The largest absolute Gasteiger partial charge is 0.497 e. The Labute approximate surface area is 166 Å². The van der Waals surface area contributed by atoms with Crippen LogP contribution in [0.3, 0.4) is 0 Å². The van der Waals surface area contributed by atoms with Crippen molar-refractivity contribution in [3.63, 3.8) is 0 Å². The smallest absolute Gasteiger partial charge is 0.211 e. The molecular weight excluding hydrogens is 368 g/mol. The van der Waals surface area contributed by atoms with Crippen LogP contribution in [-0.4, -0.2) is 18.1 Å². The van der Waals surface area contributed by atoms with Gasteiger partial charge in [0.2, 0.25) is 5.96 Å². The zero-order chi connectivity index (χ0) is 20.5. The normalized spacial score (nSPS) is 14.7. The summed E-state index contributed by atoms with van der Waals surface area (Å²) in [5.41, 5.74) is 13.8. The third-order valence-corrected chi connectivity index (χ3v) is 4.74. The Balaban J connectivity index is 1.92. The predicted molar refractivity (Wildman–Crippen MR) is 110 cm³/mol. The number of nitrogens with zero attached hydrogens (tertiary/aromatic N) is 4. The van der Waals surface area contributed by atoms with E-state index in [0.717, 1.165) is 22.1 Å². The van der Waals surface area contributed by atoms with E-state index in [4.69, 9.17) is 21.5 Å². The van der Waals surface area contributed by atoms with Crippen molar-refractivity contribution in [2.45, 2.75) is 6.04 Å². The molecule has 0 aliphatic carbocycles. The summed E-state index contributed by atoms with van der Waals surface area (Å²) < 4.78 is 5.27. The van der Waals surface area contributed by atoms with Gasteiger partial charge in [-0.1, -0.05) is 18.2 Å². The molecule has 0 amide bonds. The number of anilines is 3. The van der Waals surface area contributed by atoms with Gasteiger partial charge in [0.1, 0.15) is 35.1 Å². The summed E-state index contributed by atoms with van der Waals surface area (Å²) in [7, 11) is 1.62. The van der Waals surface area contributed by atoms with Crippen molar-refractivity contribution in [2.75, 3.05) is 23.9 Å². The van der Waals surface area contributed by atoms with Crippen LogP contribution >= 0.6 is 0 Å². The van der Waals surface area contributed by atoms with Gasteiger partial charge in [0.25, 0.3) is 0 Å². The number of fused-ring (bicyclic) bond motifs is 2. The summed E-state index contributed by atoms with van der Waals surface area (Å²) in [6, 6.07) is 13.0. The average molecular weight is 384 g/mol. The fourth-order valence-electron chi connectivity index (χ4n) is 3.36. The van der Waals surface area contributed by atoms with E-state index in [2.05, 4.69) is 20.6 Å². The van der Waals surface area contributed by atoms with E-state index < -0.39 is 6.04 Å². The first-order chi connectivity index (χ1) is 14.0. The van der Waals surface area contributed by atoms with Gasteiger partial charge >= 0.3 is 0 Å². The topological polar surface area (TPSA) is 158 Å². The average Bonchev–Trinajstić information content (AvgIpc) is 2.72.